The van der Waals surface area contributed by atoms with Crippen LogP contribution in [0.4, 0.5) is 5.13 Å². The van der Waals surface area contributed by atoms with Gasteiger partial charge in [-0.05, 0) is 24.6 Å². The van der Waals surface area contributed by atoms with Crippen molar-refractivity contribution in [2.45, 2.75) is 13.5 Å². The highest BCUT2D eigenvalue weighted by molar-refractivity contribution is 9.10. The molecule has 0 saturated carbocycles. The lowest BCUT2D eigenvalue weighted by atomic mass is 10.0. The van der Waals surface area contributed by atoms with E-state index in [4.69, 9.17) is 0 Å². The zero-order chi connectivity index (χ0) is 19.0. The molecule has 0 spiro atoms. The SMILES string of the molecule is Cc1sc2ncn(CC(=O)Nc3nccs3)c(=O)c2c1-c1ccc(Br)cc1. The van der Waals surface area contributed by atoms with Gasteiger partial charge in [-0.3, -0.25) is 14.2 Å². The first-order chi connectivity index (χ1) is 13.0. The van der Waals surface area contributed by atoms with Gasteiger partial charge in [0.1, 0.15) is 11.4 Å². The van der Waals surface area contributed by atoms with Crippen LogP contribution in [0.2, 0.25) is 0 Å². The zero-order valence-corrected chi connectivity index (χ0v) is 17.3. The van der Waals surface area contributed by atoms with Gasteiger partial charge in [0.2, 0.25) is 5.91 Å². The van der Waals surface area contributed by atoms with Crippen LogP contribution in [-0.4, -0.2) is 20.4 Å². The van der Waals surface area contributed by atoms with Crippen molar-refractivity contribution in [3.05, 3.63) is 61.9 Å². The lowest BCUT2D eigenvalue weighted by Crippen LogP contribution is -2.27. The van der Waals surface area contributed by atoms with Gasteiger partial charge >= 0.3 is 0 Å². The third-order valence-electron chi connectivity index (χ3n) is 3.98. The van der Waals surface area contributed by atoms with Gasteiger partial charge in [-0.2, -0.15) is 0 Å². The van der Waals surface area contributed by atoms with E-state index in [2.05, 4.69) is 31.2 Å². The fourth-order valence-corrected chi connectivity index (χ4v) is 4.63. The maximum Gasteiger partial charge on any atom is 0.263 e. The van der Waals surface area contributed by atoms with E-state index in [-0.39, 0.29) is 18.0 Å². The number of halogens is 1. The molecule has 0 aliphatic rings. The van der Waals surface area contributed by atoms with Crippen LogP contribution >= 0.6 is 38.6 Å². The summed E-state index contributed by atoms with van der Waals surface area (Å²) >= 11 is 6.23. The normalized spacial score (nSPS) is 11.0. The average molecular weight is 461 g/mol. The van der Waals surface area contributed by atoms with Crippen molar-refractivity contribution in [2.75, 3.05) is 5.32 Å². The average Bonchev–Trinajstić information content (AvgIpc) is 3.26. The van der Waals surface area contributed by atoms with Gasteiger partial charge in [0.05, 0.1) is 11.7 Å². The number of hydrogen-bond acceptors (Lipinski definition) is 6. The molecule has 0 unspecified atom stereocenters. The number of nitrogens with zero attached hydrogens (tertiary/aromatic N) is 3. The van der Waals surface area contributed by atoms with Crippen LogP contribution < -0.4 is 10.9 Å². The van der Waals surface area contributed by atoms with E-state index in [1.165, 1.54) is 33.6 Å². The first-order valence-corrected chi connectivity index (χ1v) is 10.5. The third-order valence-corrected chi connectivity index (χ3v) is 6.21. The largest absolute Gasteiger partial charge is 0.300 e. The summed E-state index contributed by atoms with van der Waals surface area (Å²) < 4.78 is 2.30. The van der Waals surface area contributed by atoms with E-state index in [9.17, 15) is 9.59 Å². The number of aryl methyl sites for hydroxylation is 1. The van der Waals surface area contributed by atoms with Gasteiger partial charge in [-0.25, -0.2) is 9.97 Å². The number of nitrogens with one attached hydrogen (secondary N) is 1. The van der Waals surface area contributed by atoms with Gasteiger partial charge in [0, 0.05) is 26.5 Å². The predicted molar refractivity (Wildman–Crippen MR) is 112 cm³/mol. The van der Waals surface area contributed by atoms with Crippen LogP contribution in [0.5, 0.6) is 0 Å². The molecule has 0 radical (unpaired) electrons. The summed E-state index contributed by atoms with van der Waals surface area (Å²) in [7, 11) is 0. The lowest BCUT2D eigenvalue weighted by molar-refractivity contribution is -0.116. The minimum absolute atomic E-state index is 0.115. The summed E-state index contributed by atoms with van der Waals surface area (Å²) in [6, 6.07) is 7.80. The number of hydrogen-bond donors (Lipinski definition) is 1. The van der Waals surface area contributed by atoms with Crippen LogP contribution in [-0.2, 0) is 11.3 Å². The molecular weight excluding hydrogens is 448 g/mol. The number of carbonyl (C=O) groups excluding carboxylic acids is 1. The standard InChI is InChI=1S/C18H13BrN4O2S2/c1-10-14(11-2-4-12(19)5-3-11)15-16(27-10)21-9-23(17(15)25)8-13(24)22-18-20-6-7-26-18/h2-7,9H,8H2,1H3,(H,20,22,24). The molecule has 0 aliphatic heterocycles. The monoisotopic (exact) mass is 460 g/mol. The highest BCUT2D eigenvalue weighted by atomic mass is 79.9. The Kier molecular flexibility index (Phi) is 4.90. The Morgan fingerprint density at radius 1 is 1.26 bits per heavy atom. The molecular formula is C18H13BrN4O2S2. The van der Waals surface area contributed by atoms with Gasteiger partial charge in [0.15, 0.2) is 5.13 Å². The first kappa shape index (κ1) is 18.0. The summed E-state index contributed by atoms with van der Waals surface area (Å²) in [5.74, 6) is -0.314. The van der Waals surface area contributed by atoms with Crippen molar-refractivity contribution in [3.8, 4) is 11.1 Å². The molecule has 136 valence electrons. The summed E-state index contributed by atoms with van der Waals surface area (Å²) in [5, 5.41) is 5.50. The number of carbonyl (C=O) groups is 1. The van der Waals surface area contributed by atoms with Gasteiger partial charge in [0.25, 0.3) is 5.56 Å². The number of thiazole rings is 1. The number of rotatable bonds is 4. The third kappa shape index (κ3) is 3.58. The smallest absolute Gasteiger partial charge is 0.263 e. The second kappa shape index (κ2) is 7.34. The molecule has 27 heavy (non-hydrogen) atoms. The van der Waals surface area contributed by atoms with Crippen molar-refractivity contribution >= 4 is 59.9 Å². The number of fused-ring (bicyclic) bond motifs is 1. The molecule has 9 heteroatoms. The Morgan fingerprint density at radius 2 is 2.04 bits per heavy atom. The molecule has 0 bridgehead atoms. The Balaban J connectivity index is 1.75. The number of thiophene rings is 1. The van der Waals surface area contributed by atoms with E-state index >= 15 is 0 Å². The number of benzene rings is 1. The van der Waals surface area contributed by atoms with Crippen LogP contribution in [0.3, 0.4) is 0 Å². The molecule has 1 amide bonds. The fourth-order valence-electron chi connectivity index (χ4n) is 2.81. The van der Waals surface area contributed by atoms with Crippen molar-refractivity contribution in [3.63, 3.8) is 0 Å². The topological polar surface area (TPSA) is 76.9 Å². The second-order valence-electron chi connectivity index (χ2n) is 5.78. The second-order valence-corrected chi connectivity index (χ2v) is 8.80. The number of aromatic nitrogens is 3. The molecule has 3 aromatic heterocycles. The quantitative estimate of drug-likeness (QED) is 0.492. The molecule has 4 aromatic rings. The van der Waals surface area contributed by atoms with E-state index < -0.39 is 0 Å². The Morgan fingerprint density at radius 3 is 2.74 bits per heavy atom. The molecule has 1 aromatic carbocycles. The first-order valence-electron chi connectivity index (χ1n) is 7.97. The summed E-state index contributed by atoms with van der Waals surface area (Å²) in [6.45, 7) is 1.86. The Hall–Kier alpha value is -2.36. The van der Waals surface area contributed by atoms with Gasteiger partial charge < -0.3 is 5.32 Å². The van der Waals surface area contributed by atoms with Crippen LogP contribution in [0.1, 0.15) is 4.88 Å². The van der Waals surface area contributed by atoms with Crippen molar-refractivity contribution < 1.29 is 4.79 Å². The summed E-state index contributed by atoms with van der Waals surface area (Å²) in [5.41, 5.74) is 1.59. The van der Waals surface area contributed by atoms with Crippen LogP contribution in [0.15, 0.2) is 51.4 Å². The highest BCUT2D eigenvalue weighted by Crippen LogP contribution is 2.35. The Labute approximate surface area is 170 Å². The van der Waals surface area contributed by atoms with E-state index in [0.29, 0.717) is 15.3 Å². The van der Waals surface area contributed by atoms with Crippen molar-refractivity contribution in [2.24, 2.45) is 0 Å². The predicted octanol–water partition coefficient (Wildman–Crippen LogP) is 4.29. The highest BCUT2D eigenvalue weighted by Gasteiger charge is 2.18. The fraction of sp³-hybridized carbons (Fsp3) is 0.111. The Bertz CT molecular complexity index is 1180. The van der Waals surface area contributed by atoms with Gasteiger partial charge in [-0.1, -0.05) is 28.1 Å². The minimum Gasteiger partial charge on any atom is -0.300 e. The zero-order valence-electron chi connectivity index (χ0n) is 14.1. The molecule has 1 N–H and O–H groups in total. The number of anilines is 1. The molecule has 0 aliphatic carbocycles. The van der Waals surface area contributed by atoms with Crippen molar-refractivity contribution in [1.29, 1.82) is 0 Å². The summed E-state index contributed by atoms with van der Waals surface area (Å²) in [4.78, 5) is 35.4. The summed E-state index contributed by atoms with van der Waals surface area (Å²) in [6.07, 6.45) is 3.03. The van der Waals surface area contributed by atoms with Crippen LogP contribution in [0, 0.1) is 6.92 Å². The molecule has 0 atom stereocenters. The molecule has 4 rings (SSSR count). The number of amides is 1. The lowest BCUT2D eigenvalue weighted by Gasteiger charge is -2.06. The van der Waals surface area contributed by atoms with Crippen molar-refractivity contribution in [1.82, 2.24) is 14.5 Å². The van der Waals surface area contributed by atoms with E-state index in [0.717, 1.165) is 20.5 Å². The van der Waals surface area contributed by atoms with Gasteiger partial charge in [-0.15, -0.1) is 22.7 Å². The molecule has 0 fully saturated rings. The molecule has 3 heterocycles. The maximum absolute atomic E-state index is 13.1. The van der Waals surface area contributed by atoms with E-state index in [1.54, 1.807) is 11.6 Å². The minimum atomic E-state index is -0.314. The maximum atomic E-state index is 13.1. The van der Waals surface area contributed by atoms with E-state index in [1.807, 2.05) is 31.2 Å². The molecule has 6 nitrogen and oxygen atoms in total. The molecule has 0 saturated heterocycles. The van der Waals surface area contributed by atoms with Crippen LogP contribution in [0.25, 0.3) is 21.3 Å².